The number of benzene rings is 1. The molecule has 0 aliphatic rings. The van der Waals surface area contributed by atoms with E-state index in [1.165, 1.54) is 5.56 Å². The van der Waals surface area contributed by atoms with Crippen LogP contribution in [0.4, 0.5) is 0 Å². The van der Waals surface area contributed by atoms with Gasteiger partial charge >= 0.3 is 0 Å². The maximum atomic E-state index is 10.6. The molecule has 0 bridgehead atoms. The first kappa shape index (κ1) is 12.7. The van der Waals surface area contributed by atoms with E-state index < -0.39 is 0 Å². The van der Waals surface area contributed by atoms with Crippen molar-refractivity contribution in [2.45, 2.75) is 13.5 Å². The Morgan fingerprint density at radius 2 is 2.10 bits per heavy atom. The molecule has 2 heterocycles. The summed E-state index contributed by atoms with van der Waals surface area (Å²) in [5.74, 6) is 0. The summed E-state index contributed by atoms with van der Waals surface area (Å²) in [5, 5.41) is 10.6. The van der Waals surface area contributed by atoms with Crippen LogP contribution in [-0.4, -0.2) is 26.3 Å². The van der Waals surface area contributed by atoms with Crippen LogP contribution in [0.2, 0.25) is 0 Å². The number of aromatic nitrogens is 4. The molecule has 0 saturated heterocycles. The summed E-state index contributed by atoms with van der Waals surface area (Å²) >= 11 is 1.60. The van der Waals surface area contributed by atoms with E-state index in [4.69, 9.17) is 0 Å². The maximum absolute atomic E-state index is 10.6. The zero-order valence-corrected chi connectivity index (χ0v) is 11.7. The Balaban J connectivity index is 1.79. The Kier molecular flexibility index (Phi) is 3.39. The number of hydrogen-bond donors (Lipinski definition) is 0. The number of carbonyl (C=O) groups is 1. The molecule has 0 radical (unpaired) electrons. The average molecular weight is 284 g/mol. The van der Waals surface area contributed by atoms with Gasteiger partial charge in [-0.2, -0.15) is 0 Å². The van der Waals surface area contributed by atoms with Gasteiger partial charge in [0, 0.05) is 10.9 Å². The van der Waals surface area contributed by atoms with E-state index in [1.54, 1.807) is 22.2 Å². The van der Waals surface area contributed by atoms with Gasteiger partial charge in [0.1, 0.15) is 10.7 Å². The van der Waals surface area contributed by atoms with Crippen molar-refractivity contribution in [1.82, 2.24) is 20.0 Å². The normalized spacial score (nSPS) is 10.7. The highest BCUT2D eigenvalue weighted by Crippen LogP contribution is 2.24. The molecule has 0 unspecified atom stereocenters. The molecule has 1 aromatic carbocycles. The van der Waals surface area contributed by atoms with Crippen molar-refractivity contribution in [3.63, 3.8) is 0 Å². The molecule has 3 rings (SSSR count). The van der Waals surface area contributed by atoms with E-state index in [1.807, 2.05) is 5.38 Å². The summed E-state index contributed by atoms with van der Waals surface area (Å²) in [6.07, 6.45) is 2.29. The minimum atomic E-state index is 0.332. The van der Waals surface area contributed by atoms with Crippen molar-refractivity contribution in [1.29, 1.82) is 0 Å². The van der Waals surface area contributed by atoms with Crippen LogP contribution in [0.15, 0.2) is 35.8 Å². The maximum Gasteiger partial charge on any atom is 0.171 e. The van der Waals surface area contributed by atoms with Gasteiger partial charge in [-0.3, -0.25) is 4.79 Å². The van der Waals surface area contributed by atoms with E-state index in [9.17, 15) is 4.79 Å². The van der Waals surface area contributed by atoms with Crippen LogP contribution in [0.3, 0.4) is 0 Å². The molecule has 0 spiro atoms. The second-order valence-electron chi connectivity index (χ2n) is 4.47. The van der Waals surface area contributed by atoms with Gasteiger partial charge in [-0.05, 0) is 6.92 Å². The third-order valence-electron chi connectivity index (χ3n) is 2.85. The van der Waals surface area contributed by atoms with Gasteiger partial charge in [0.2, 0.25) is 0 Å². The Morgan fingerprint density at radius 1 is 1.30 bits per heavy atom. The molecule has 0 amide bonds. The molecule has 3 aromatic rings. The SMILES string of the molecule is Cc1ccc(-c2nc(Cn3cc(C=O)nn3)cs2)cc1. The Bertz CT molecular complexity index is 730. The Morgan fingerprint density at radius 3 is 2.80 bits per heavy atom. The van der Waals surface area contributed by atoms with Crippen molar-refractivity contribution in [2.75, 3.05) is 0 Å². The second-order valence-corrected chi connectivity index (χ2v) is 5.33. The zero-order chi connectivity index (χ0) is 13.9. The summed E-state index contributed by atoms with van der Waals surface area (Å²) in [4.78, 5) is 15.1. The summed E-state index contributed by atoms with van der Waals surface area (Å²) in [6.45, 7) is 2.58. The lowest BCUT2D eigenvalue weighted by molar-refractivity contribution is 0.111. The predicted octanol–water partition coefficient (Wildman–Crippen LogP) is 2.57. The average Bonchev–Trinajstić information content (AvgIpc) is 3.09. The van der Waals surface area contributed by atoms with Gasteiger partial charge in [0.25, 0.3) is 0 Å². The van der Waals surface area contributed by atoms with Gasteiger partial charge in [-0.1, -0.05) is 35.0 Å². The fourth-order valence-electron chi connectivity index (χ4n) is 1.82. The highest BCUT2D eigenvalue weighted by atomic mass is 32.1. The van der Waals surface area contributed by atoms with E-state index in [0.717, 1.165) is 16.3 Å². The first-order valence-corrected chi connectivity index (χ1v) is 6.99. The quantitative estimate of drug-likeness (QED) is 0.691. The molecular weight excluding hydrogens is 272 g/mol. The third-order valence-corrected chi connectivity index (χ3v) is 3.79. The number of hydrogen-bond acceptors (Lipinski definition) is 5. The van der Waals surface area contributed by atoms with Gasteiger partial charge < -0.3 is 0 Å². The lowest BCUT2D eigenvalue weighted by Gasteiger charge is -1.97. The molecule has 0 atom stereocenters. The minimum absolute atomic E-state index is 0.332. The number of nitrogens with zero attached hydrogens (tertiary/aromatic N) is 4. The smallest absolute Gasteiger partial charge is 0.171 e. The monoisotopic (exact) mass is 284 g/mol. The van der Waals surface area contributed by atoms with Gasteiger partial charge in [-0.25, -0.2) is 9.67 Å². The lowest BCUT2D eigenvalue weighted by atomic mass is 10.2. The first-order valence-electron chi connectivity index (χ1n) is 6.11. The Labute approximate surface area is 119 Å². The second kappa shape index (κ2) is 5.34. The summed E-state index contributed by atoms with van der Waals surface area (Å²) in [7, 11) is 0. The van der Waals surface area contributed by atoms with E-state index in [-0.39, 0.29) is 0 Å². The van der Waals surface area contributed by atoms with Crippen LogP contribution >= 0.6 is 11.3 Å². The van der Waals surface area contributed by atoms with Gasteiger partial charge in [0.15, 0.2) is 6.29 Å². The van der Waals surface area contributed by atoms with Crippen molar-refractivity contribution < 1.29 is 4.79 Å². The highest BCUT2D eigenvalue weighted by molar-refractivity contribution is 7.13. The minimum Gasteiger partial charge on any atom is -0.296 e. The van der Waals surface area contributed by atoms with Crippen molar-refractivity contribution in [3.05, 3.63) is 52.8 Å². The molecule has 0 saturated carbocycles. The molecule has 2 aromatic heterocycles. The largest absolute Gasteiger partial charge is 0.296 e. The summed E-state index contributed by atoms with van der Waals surface area (Å²) < 4.78 is 1.61. The molecule has 5 nitrogen and oxygen atoms in total. The van der Waals surface area contributed by atoms with Gasteiger partial charge in [0.05, 0.1) is 18.4 Å². The summed E-state index contributed by atoms with van der Waals surface area (Å²) in [5.41, 5.74) is 3.58. The van der Waals surface area contributed by atoms with Crippen LogP contribution in [-0.2, 0) is 6.54 Å². The number of rotatable bonds is 4. The Hall–Kier alpha value is -2.34. The fourth-order valence-corrected chi connectivity index (χ4v) is 2.64. The number of thiazole rings is 1. The predicted molar refractivity (Wildman–Crippen MR) is 76.8 cm³/mol. The molecule has 0 aliphatic heterocycles. The standard InChI is InChI=1S/C14H12N4OS/c1-10-2-4-11(5-3-10)14-15-13(9-20-14)7-18-6-12(8-19)16-17-18/h2-6,8-9H,7H2,1H3. The van der Waals surface area contributed by atoms with Crippen LogP contribution in [0, 0.1) is 6.92 Å². The topological polar surface area (TPSA) is 60.7 Å². The van der Waals surface area contributed by atoms with Crippen LogP contribution in [0.1, 0.15) is 21.7 Å². The number of carbonyl (C=O) groups excluding carboxylic acids is 1. The van der Waals surface area contributed by atoms with Crippen molar-refractivity contribution in [3.8, 4) is 10.6 Å². The number of aryl methyl sites for hydroxylation is 1. The van der Waals surface area contributed by atoms with E-state index in [2.05, 4.69) is 46.5 Å². The van der Waals surface area contributed by atoms with Crippen molar-refractivity contribution >= 4 is 17.6 Å². The first-order chi connectivity index (χ1) is 9.74. The van der Waals surface area contributed by atoms with Crippen molar-refractivity contribution in [2.24, 2.45) is 0 Å². The summed E-state index contributed by atoms with van der Waals surface area (Å²) in [6, 6.07) is 8.28. The van der Waals surface area contributed by atoms with Crippen LogP contribution in [0.25, 0.3) is 10.6 Å². The fraction of sp³-hybridized carbons (Fsp3) is 0.143. The number of aldehydes is 1. The molecule has 20 heavy (non-hydrogen) atoms. The lowest BCUT2D eigenvalue weighted by Crippen LogP contribution is -2.00. The molecular formula is C14H12N4OS. The van der Waals surface area contributed by atoms with E-state index in [0.29, 0.717) is 18.5 Å². The highest BCUT2D eigenvalue weighted by Gasteiger charge is 2.06. The molecule has 100 valence electrons. The molecule has 0 aliphatic carbocycles. The van der Waals surface area contributed by atoms with Crippen LogP contribution in [0.5, 0.6) is 0 Å². The third kappa shape index (κ3) is 2.65. The molecule has 0 N–H and O–H groups in total. The molecule has 0 fully saturated rings. The van der Waals surface area contributed by atoms with Crippen LogP contribution < -0.4 is 0 Å². The molecule has 6 heteroatoms. The van der Waals surface area contributed by atoms with Gasteiger partial charge in [-0.15, -0.1) is 16.4 Å². The zero-order valence-electron chi connectivity index (χ0n) is 10.9. The van der Waals surface area contributed by atoms with E-state index >= 15 is 0 Å².